The van der Waals surface area contributed by atoms with Crippen LogP contribution in [0, 0.1) is 0 Å². The minimum Gasteiger partial charge on any atom is -0.497 e. The maximum atomic E-state index is 12.6. The van der Waals surface area contributed by atoms with Gasteiger partial charge in [-0.3, -0.25) is 9.78 Å². The number of anilines is 1. The van der Waals surface area contributed by atoms with Crippen LogP contribution in [-0.4, -0.2) is 29.9 Å². The molecule has 0 radical (unpaired) electrons. The van der Waals surface area contributed by atoms with E-state index >= 15 is 0 Å². The standard InChI is InChI=1S/C16H19N3O2/c1-11(12-4-6-18-7-5-12)19(2)16(20)13-8-14(17)10-15(9-13)21-3/h4-11H,17H2,1-3H3. The van der Waals surface area contributed by atoms with Crippen molar-refractivity contribution in [2.24, 2.45) is 0 Å². The molecule has 0 saturated carbocycles. The molecule has 0 bridgehead atoms. The van der Waals surface area contributed by atoms with Gasteiger partial charge in [0, 0.05) is 36.8 Å². The Balaban J connectivity index is 2.25. The molecule has 1 unspecified atom stereocenters. The summed E-state index contributed by atoms with van der Waals surface area (Å²) in [5.74, 6) is 0.466. The lowest BCUT2D eigenvalue weighted by molar-refractivity contribution is 0.0742. The van der Waals surface area contributed by atoms with Crippen LogP contribution in [0.15, 0.2) is 42.7 Å². The molecule has 110 valence electrons. The minimum atomic E-state index is -0.107. The number of nitrogens with two attached hydrogens (primary N) is 1. The van der Waals surface area contributed by atoms with E-state index in [1.165, 1.54) is 0 Å². The number of hydrogen-bond acceptors (Lipinski definition) is 4. The largest absolute Gasteiger partial charge is 0.497 e. The summed E-state index contributed by atoms with van der Waals surface area (Å²) in [7, 11) is 3.31. The van der Waals surface area contributed by atoms with E-state index < -0.39 is 0 Å². The van der Waals surface area contributed by atoms with E-state index in [2.05, 4.69) is 4.98 Å². The molecular weight excluding hydrogens is 266 g/mol. The second-order valence-electron chi connectivity index (χ2n) is 4.87. The van der Waals surface area contributed by atoms with Gasteiger partial charge in [-0.2, -0.15) is 0 Å². The van der Waals surface area contributed by atoms with Crippen molar-refractivity contribution in [2.75, 3.05) is 19.9 Å². The van der Waals surface area contributed by atoms with E-state index in [0.29, 0.717) is 17.0 Å². The van der Waals surface area contributed by atoms with E-state index in [1.54, 1.807) is 49.7 Å². The Labute approximate surface area is 124 Å². The Bertz CT molecular complexity index is 629. The van der Waals surface area contributed by atoms with Gasteiger partial charge in [-0.25, -0.2) is 0 Å². The van der Waals surface area contributed by atoms with Gasteiger partial charge < -0.3 is 15.4 Å². The molecule has 0 fully saturated rings. The summed E-state index contributed by atoms with van der Waals surface area (Å²) in [6.45, 7) is 1.97. The third kappa shape index (κ3) is 3.31. The highest BCUT2D eigenvalue weighted by molar-refractivity contribution is 5.95. The van der Waals surface area contributed by atoms with Crippen LogP contribution in [-0.2, 0) is 0 Å². The Morgan fingerprint density at radius 2 is 1.95 bits per heavy atom. The molecule has 1 amide bonds. The van der Waals surface area contributed by atoms with Crippen molar-refractivity contribution in [1.29, 1.82) is 0 Å². The predicted octanol–water partition coefficient (Wildman–Crippen LogP) is 2.51. The molecule has 5 heteroatoms. The van der Waals surface area contributed by atoms with Crippen molar-refractivity contribution in [3.8, 4) is 5.75 Å². The van der Waals surface area contributed by atoms with Crippen LogP contribution in [0.25, 0.3) is 0 Å². The van der Waals surface area contributed by atoms with Crippen molar-refractivity contribution in [2.45, 2.75) is 13.0 Å². The fourth-order valence-electron chi connectivity index (χ4n) is 2.11. The molecule has 0 aliphatic rings. The van der Waals surface area contributed by atoms with Gasteiger partial charge in [0.1, 0.15) is 5.75 Å². The van der Waals surface area contributed by atoms with Gasteiger partial charge in [0.05, 0.1) is 13.2 Å². The van der Waals surface area contributed by atoms with E-state index in [1.807, 2.05) is 19.1 Å². The molecule has 0 aliphatic carbocycles. The summed E-state index contributed by atoms with van der Waals surface area (Å²) in [6.07, 6.45) is 3.43. The maximum absolute atomic E-state index is 12.6. The van der Waals surface area contributed by atoms with Crippen molar-refractivity contribution >= 4 is 11.6 Å². The number of amides is 1. The normalized spacial score (nSPS) is 11.8. The van der Waals surface area contributed by atoms with E-state index in [9.17, 15) is 4.79 Å². The number of nitrogens with zero attached hydrogens (tertiary/aromatic N) is 2. The van der Waals surface area contributed by atoms with Crippen molar-refractivity contribution < 1.29 is 9.53 Å². The summed E-state index contributed by atoms with van der Waals surface area (Å²) in [6, 6.07) is 8.76. The highest BCUT2D eigenvalue weighted by atomic mass is 16.5. The van der Waals surface area contributed by atoms with E-state index in [0.717, 1.165) is 5.56 Å². The number of benzene rings is 1. The molecular formula is C16H19N3O2. The second-order valence-corrected chi connectivity index (χ2v) is 4.87. The molecule has 1 aromatic carbocycles. The van der Waals surface area contributed by atoms with Crippen molar-refractivity contribution in [1.82, 2.24) is 9.88 Å². The predicted molar refractivity (Wildman–Crippen MR) is 82.2 cm³/mol. The van der Waals surface area contributed by atoms with E-state index in [4.69, 9.17) is 10.5 Å². The first-order valence-corrected chi connectivity index (χ1v) is 6.64. The van der Waals surface area contributed by atoms with Crippen molar-refractivity contribution in [3.63, 3.8) is 0 Å². The van der Waals surface area contributed by atoms with Crippen LogP contribution in [0.3, 0.4) is 0 Å². The fourth-order valence-corrected chi connectivity index (χ4v) is 2.11. The molecule has 2 N–H and O–H groups in total. The van der Waals surface area contributed by atoms with Crippen LogP contribution in [0.5, 0.6) is 5.75 Å². The van der Waals surface area contributed by atoms with Crippen LogP contribution in [0.1, 0.15) is 28.9 Å². The highest BCUT2D eigenvalue weighted by Gasteiger charge is 2.19. The zero-order valence-corrected chi connectivity index (χ0v) is 12.4. The molecule has 0 saturated heterocycles. The van der Waals surface area contributed by atoms with Gasteiger partial charge in [0.2, 0.25) is 0 Å². The Hall–Kier alpha value is -2.56. The van der Waals surface area contributed by atoms with Gasteiger partial charge in [0.25, 0.3) is 5.91 Å². The topological polar surface area (TPSA) is 68.5 Å². The number of ether oxygens (including phenoxy) is 1. The smallest absolute Gasteiger partial charge is 0.254 e. The quantitative estimate of drug-likeness (QED) is 0.876. The molecule has 1 aromatic heterocycles. The Morgan fingerprint density at radius 1 is 1.29 bits per heavy atom. The van der Waals surface area contributed by atoms with Crippen LogP contribution in [0.2, 0.25) is 0 Å². The van der Waals surface area contributed by atoms with Gasteiger partial charge in [-0.1, -0.05) is 0 Å². The average molecular weight is 285 g/mol. The lowest BCUT2D eigenvalue weighted by Crippen LogP contribution is -2.29. The lowest BCUT2D eigenvalue weighted by Gasteiger charge is -2.25. The Kier molecular flexibility index (Phi) is 4.42. The first-order chi connectivity index (χ1) is 10.0. The number of aromatic nitrogens is 1. The summed E-state index contributed by atoms with van der Waals surface area (Å²) in [5.41, 5.74) is 7.84. The number of methoxy groups -OCH3 is 1. The number of hydrogen-bond donors (Lipinski definition) is 1. The highest BCUT2D eigenvalue weighted by Crippen LogP contribution is 2.23. The zero-order valence-electron chi connectivity index (χ0n) is 12.4. The van der Waals surface area contributed by atoms with Crippen LogP contribution >= 0.6 is 0 Å². The summed E-state index contributed by atoms with van der Waals surface area (Å²) in [4.78, 5) is 18.2. The molecule has 2 aromatic rings. The van der Waals surface area contributed by atoms with Gasteiger partial charge >= 0.3 is 0 Å². The first kappa shape index (κ1) is 14.8. The molecule has 0 spiro atoms. The SMILES string of the molecule is COc1cc(N)cc(C(=O)N(C)C(C)c2ccncc2)c1. The average Bonchev–Trinajstić information content (AvgIpc) is 2.52. The molecule has 1 heterocycles. The number of carbonyl (C=O) groups excluding carboxylic acids is 1. The second kappa shape index (κ2) is 6.26. The summed E-state index contributed by atoms with van der Waals surface area (Å²) in [5, 5.41) is 0. The van der Waals surface area contributed by atoms with Gasteiger partial charge in [-0.15, -0.1) is 0 Å². The fraction of sp³-hybridized carbons (Fsp3) is 0.250. The summed E-state index contributed by atoms with van der Waals surface area (Å²) < 4.78 is 5.15. The molecule has 0 aliphatic heterocycles. The Morgan fingerprint density at radius 3 is 2.57 bits per heavy atom. The molecule has 21 heavy (non-hydrogen) atoms. The van der Waals surface area contributed by atoms with Crippen LogP contribution in [0.4, 0.5) is 5.69 Å². The molecule has 1 atom stereocenters. The number of pyridine rings is 1. The van der Waals surface area contributed by atoms with Crippen LogP contribution < -0.4 is 10.5 Å². The van der Waals surface area contributed by atoms with E-state index in [-0.39, 0.29) is 11.9 Å². The van der Waals surface area contributed by atoms with Gasteiger partial charge in [0.15, 0.2) is 0 Å². The number of nitrogen functional groups attached to an aromatic ring is 1. The maximum Gasteiger partial charge on any atom is 0.254 e. The number of carbonyl (C=O) groups is 1. The zero-order chi connectivity index (χ0) is 15.4. The minimum absolute atomic E-state index is 0.0621. The molecule has 2 rings (SSSR count). The molecule has 5 nitrogen and oxygen atoms in total. The lowest BCUT2D eigenvalue weighted by atomic mass is 10.1. The first-order valence-electron chi connectivity index (χ1n) is 6.64. The van der Waals surface area contributed by atoms with Crippen molar-refractivity contribution in [3.05, 3.63) is 53.9 Å². The number of rotatable bonds is 4. The third-order valence-electron chi connectivity index (χ3n) is 3.50. The monoisotopic (exact) mass is 285 g/mol. The van der Waals surface area contributed by atoms with Gasteiger partial charge in [-0.05, 0) is 36.8 Å². The summed E-state index contributed by atoms with van der Waals surface area (Å²) >= 11 is 0. The third-order valence-corrected chi connectivity index (χ3v) is 3.50.